The summed E-state index contributed by atoms with van der Waals surface area (Å²) in [5.74, 6) is -0.291. The molecule has 0 bridgehead atoms. The Balaban J connectivity index is 1.67. The van der Waals surface area contributed by atoms with Crippen molar-refractivity contribution in [3.8, 4) is 11.3 Å². The molecule has 0 saturated carbocycles. The Bertz CT molecular complexity index is 1050. The van der Waals surface area contributed by atoms with E-state index >= 15 is 0 Å². The average Bonchev–Trinajstić information content (AvgIpc) is 3.07. The van der Waals surface area contributed by atoms with Crippen LogP contribution >= 0.6 is 19.9 Å². The van der Waals surface area contributed by atoms with Gasteiger partial charge in [-0.15, -0.1) is 0 Å². The fraction of sp³-hybridized carbons (Fsp3) is 0.100. The summed E-state index contributed by atoms with van der Waals surface area (Å²) in [6.45, 7) is 0.0386. The highest BCUT2D eigenvalue weighted by atomic mass is 35.5. The second-order valence-electron chi connectivity index (χ2n) is 6.15. The third-order valence-electron chi connectivity index (χ3n) is 4.08. The molecule has 0 aliphatic rings. The topological polar surface area (TPSA) is 93.5 Å². The molecule has 0 saturated heterocycles. The fourth-order valence-corrected chi connectivity index (χ4v) is 3.13. The molecule has 1 unspecified atom stereocenters. The van der Waals surface area contributed by atoms with Gasteiger partial charge in [0.15, 0.2) is 0 Å². The van der Waals surface area contributed by atoms with Crippen LogP contribution in [0.1, 0.15) is 11.1 Å². The molecule has 3 aromatic rings. The van der Waals surface area contributed by atoms with Crippen molar-refractivity contribution in [3.05, 3.63) is 77.0 Å². The van der Waals surface area contributed by atoms with E-state index in [1.807, 2.05) is 19.2 Å². The van der Waals surface area contributed by atoms with E-state index in [1.54, 1.807) is 53.4 Å². The number of nitrogens with one attached hydrogen (secondary N) is 1. The van der Waals surface area contributed by atoms with Gasteiger partial charge in [-0.1, -0.05) is 35.9 Å². The zero-order valence-electron chi connectivity index (χ0n) is 15.5. The molecular formula is C20H19ClN3O4P. The van der Waals surface area contributed by atoms with E-state index in [0.717, 1.165) is 22.4 Å². The summed E-state index contributed by atoms with van der Waals surface area (Å²) in [6.07, 6.45) is 4.83. The number of hydrogen-bond acceptors (Lipinski definition) is 4. The van der Waals surface area contributed by atoms with E-state index in [0.29, 0.717) is 10.7 Å². The van der Waals surface area contributed by atoms with E-state index < -0.39 is 8.25 Å². The second-order valence-corrected chi connectivity index (χ2v) is 7.41. The highest BCUT2D eigenvalue weighted by Crippen LogP contribution is 2.25. The molecule has 1 heterocycles. The minimum Gasteiger partial charge on any atom is -0.326 e. The van der Waals surface area contributed by atoms with Crippen LogP contribution in [0.25, 0.3) is 17.3 Å². The molecule has 2 aromatic carbocycles. The van der Waals surface area contributed by atoms with E-state index in [-0.39, 0.29) is 12.5 Å². The first-order valence-electron chi connectivity index (χ1n) is 8.64. The lowest BCUT2D eigenvalue weighted by Crippen LogP contribution is -2.07. The van der Waals surface area contributed by atoms with Crippen LogP contribution in [0.2, 0.25) is 5.02 Å². The van der Waals surface area contributed by atoms with Crippen LogP contribution in [0.3, 0.4) is 0 Å². The predicted octanol–water partition coefficient (Wildman–Crippen LogP) is 4.29. The van der Waals surface area contributed by atoms with Gasteiger partial charge in [0, 0.05) is 35.0 Å². The molecule has 2 N–H and O–H groups in total. The Labute approximate surface area is 173 Å². The number of rotatable bonds is 7. The number of anilines is 1. The molecule has 0 fully saturated rings. The molecule has 150 valence electrons. The number of amides is 1. The van der Waals surface area contributed by atoms with Gasteiger partial charge in [-0.05, 0) is 35.9 Å². The van der Waals surface area contributed by atoms with E-state index in [1.165, 1.54) is 6.08 Å². The molecule has 3 rings (SSSR count). The summed E-state index contributed by atoms with van der Waals surface area (Å²) in [6, 6.07) is 14.2. The van der Waals surface area contributed by atoms with E-state index in [2.05, 4.69) is 14.9 Å². The monoisotopic (exact) mass is 431 g/mol. The van der Waals surface area contributed by atoms with Gasteiger partial charge in [0.1, 0.15) is 0 Å². The number of halogens is 1. The quantitative estimate of drug-likeness (QED) is 0.430. The Kier molecular flexibility index (Phi) is 7.01. The standard InChI is InChI=1S/C20H19ClN3O4P/c1-24-20(15-4-7-17(21)8-5-15)16(12-22-24)6-11-19(25)23-18-9-2-14(3-10-18)13-28-29(26)27/h2-12,29H,13H2,1H3,(H,23,25)(H,26,27)/b11-6+. The number of hydrogen-bond donors (Lipinski definition) is 2. The third-order valence-corrected chi connectivity index (χ3v) is 4.73. The van der Waals surface area contributed by atoms with Gasteiger partial charge in [0.05, 0.1) is 18.5 Å². The van der Waals surface area contributed by atoms with Gasteiger partial charge in [0.2, 0.25) is 5.91 Å². The normalized spacial score (nSPS) is 12.2. The number of carbonyl (C=O) groups is 1. The first-order chi connectivity index (χ1) is 13.9. The predicted molar refractivity (Wildman–Crippen MR) is 114 cm³/mol. The maximum atomic E-state index is 12.2. The summed E-state index contributed by atoms with van der Waals surface area (Å²) in [5.41, 5.74) is 3.95. The van der Waals surface area contributed by atoms with Crippen molar-refractivity contribution in [1.82, 2.24) is 9.78 Å². The molecule has 0 aliphatic heterocycles. The molecule has 1 aromatic heterocycles. The van der Waals surface area contributed by atoms with Crippen molar-refractivity contribution in [3.63, 3.8) is 0 Å². The fourth-order valence-electron chi connectivity index (χ4n) is 2.72. The van der Waals surface area contributed by atoms with E-state index in [9.17, 15) is 9.36 Å². The molecule has 1 atom stereocenters. The summed E-state index contributed by atoms with van der Waals surface area (Å²) in [4.78, 5) is 20.9. The van der Waals surface area contributed by atoms with Crippen molar-refractivity contribution in [1.29, 1.82) is 0 Å². The minimum atomic E-state index is -2.96. The number of carbonyl (C=O) groups excluding carboxylic acids is 1. The number of aryl methyl sites for hydroxylation is 1. The number of benzene rings is 2. The van der Waals surface area contributed by atoms with Gasteiger partial charge in [0.25, 0.3) is 0 Å². The summed E-state index contributed by atoms with van der Waals surface area (Å²) in [7, 11) is -1.13. The zero-order valence-corrected chi connectivity index (χ0v) is 17.3. The van der Waals surface area contributed by atoms with Crippen LogP contribution in [0.4, 0.5) is 5.69 Å². The maximum Gasteiger partial charge on any atom is 0.316 e. The Morgan fingerprint density at radius 1 is 1.24 bits per heavy atom. The van der Waals surface area contributed by atoms with Crippen LogP contribution in [0.15, 0.2) is 60.8 Å². The summed E-state index contributed by atoms with van der Waals surface area (Å²) < 4.78 is 17.0. The van der Waals surface area contributed by atoms with Crippen molar-refractivity contribution in [2.24, 2.45) is 7.05 Å². The van der Waals surface area contributed by atoms with Gasteiger partial charge in [-0.3, -0.25) is 14.0 Å². The van der Waals surface area contributed by atoms with Gasteiger partial charge < -0.3 is 14.7 Å². The van der Waals surface area contributed by atoms with Crippen molar-refractivity contribution in [2.75, 3.05) is 5.32 Å². The number of nitrogens with zero attached hydrogens (tertiary/aromatic N) is 2. The molecule has 0 aliphatic carbocycles. The Hall–Kier alpha value is -2.70. The Morgan fingerprint density at radius 3 is 2.59 bits per heavy atom. The largest absolute Gasteiger partial charge is 0.326 e. The SMILES string of the molecule is Cn1ncc(/C=C/C(=O)Nc2ccc(CO[PH](=O)O)cc2)c1-c1ccc(Cl)cc1. The number of aromatic nitrogens is 2. The molecule has 29 heavy (non-hydrogen) atoms. The maximum absolute atomic E-state index is 12.2. The van der Waals surface area contributed by atoms with Crippen LogP contribution in [-0.2, 0) is 27.5 Å². The first-order valence-corrected chi connectivity index (χ1v) is 10.3. The lowest BCUT2D eigenvalue weighted by molar-refractivity contribution is -0.111. The van der Waals surface area contributed by atoms with Crippen molar-refractivity contribution < 1.29 is 18.8 Å². The molecule has 9 heteroatoms. The van der Waals surface area contributed by atoms with Crippen LogP contribution in [0.5, 0.6) is 0 Å². The zero-order chi connectivity index (χ0) is 20.8. The Morgan fingerprint density at radius 2 is 1.93 bits per heavy atom. The molecule has 7 nitrogen and oxygen atoms in total. The lowest BCUT2D eigenvalue weighted by atomic mass is 10.1. The lowest BCUT2D eigenvalue weighted by Gasteiger charge is -2.05. The van der Waals surface area contributed by atoms with Gasteiger partial charge in [-0.2, -0.15) is 5.10 Å². The minimum absolute atomic E-state index is 0.0386. The third kappa shape index (κ3) is 5.89. The highest BCUT2D eigenvalue weighted by Gasteiger charge is 2.09. The second kappa shape index (κ2) is 9.67. The summed E-state index contributed by atoms with van der Waals surface area (Å²) in [5, 5.41) is 7.68. The van der Waals surface area contributed by atoms with Gasteiger partial charge >= 0.3 is 8.25 Å². The highest BCUT2D eigenvalue weighted by molar-refractivity contribution is 7.32. The van der Waals surface area contributed by atoms with E-state index in [4.69, 9.17) is 16.5 Å². The summed E-state index contributed by atoms with van der Waals surface area (Å²) >= 11 is 5.95. The van der Waals surface area contributed by atoms with Crippen LogP contribution < -0.4 is 5.32 Å². The molecule has 1 amide bonds. The van der Waals surface area contributed by atoms with Crippen LogP contribution in [-0.4, -0.2) is 20.6 Å². The average molecular weight is 432 g/mol. The van der Waals surface area contributed by atoms with Gasteiger partial charge in [-0.25, -0.2) is 0 Å². The van der Waals surface area contributed by atoms with Crippen molar-refractivity contribution >= 4 is 37.5 Å². The van der Waals surface area contributed by atoms with Crippen LogP contribution in [0, 0.1) is 0 Å². The first kappa shape index (κ1) is 21.0. The smallest absolute Gasteiger partial charge is 0.316 e. The van der Waals surface area contributed by atoms with Crippen molar-refractivity contribution in [2.45, 2.75) is 6.61 Å². The molecule has 0 radical (unpaired) electrons. The molecular weight excluding hydrogens is 413 g/mol. The molecule has 0 spiro atoms.